The molecule has 3 aromatic rings. The lowest BCUT2D eigenvalue weighted by Crippen LogP contribution is -2.49. The van der Waals surface area contributed by atoms with Gasteiger partial charge in [0, 0.05) is 17.0 Å². The Morgan fingerprint density at radius 3 is 2.70 bits per heavy atom. The fraction of sp³-hybridized carbons (Fsp3) is 0.208. The summed E-state index contributed by atoms with van der Waals surface area (Å²) in [6.45, 7) is 0.0929. The Labute approximate surface area is 199 Å². The third-order valence-corrected chi connectivity index (χ3v) is 6.03. The van der Waals surface area contributed by atoms with Gasteiger partial charge < -0.3 is 19.7 Å². The van der Waals surface area contributed by atoms with Crippen molar-refractivity contribution in [3.63, 3.8) is 0 Å². The molecule has 1 aliphatic heterocycles. The highest BCUT2D eigenvalue weighted by atomic mass is 35.5. The smallest absolute Gasteiger partial charge is 0.337 e. The Kier molecular flexibility index (Phi) is 6.72. The first-order valence-corrected chi connectivity index (χ1v) is 11.1. The number of furan rings is 1. The number of carbonyl (C=O) groups excluding carboxylic acids is 2. The fourth-order valence-electron chi connectivity index (χ4n) is 3.85. The van der Waals surface area contributed by atoms with E-state index >= 15 is 0 Å². The zero-order chi connectivity index (χ0) is 23.5. The predicted octanol–water partition coefficient (Wildman–Crippen LogP) is 5.47. The quantitative estimate of drug-likeness (QED) is 0.480. The standard InChI is InChI=1S/C24H20Cl2N2O5/c25-14-8-10-18(26)17(12-14)21-11-9-15(33-21)13-28-20(6-3-7-22(28)29)23(30)27-19-5-2-1-4-16(19)24(31)32/h1-2,4-5,8-12,20H,3,6-7,13H2,(H,27,30)(H,31,32)/t20-/m1/s1. The van der Waals surface area contributed by atoms with E-state index in [0.717, 1.165) is 0 Å². The fourth-order valence-corrected chi connectivity index (χ4v) is 4.23. The number of hydrogen-bond donors (Lipinski definition) is 2. The van der Waals surface area contributed by atoms with Gasteiger partial charge in [0.15, 0.2) is 0 Å². The molecular formula is C24H20Cl2N2O5. The van der Waals surface area contributed by atoms with E-state index in [2.05, 4.69) is 5.32 Å². The summed E-state index contributed by atoms with van der Waals surface area (Å²) >= 11 is 12.3. The minimum Gasteiger partial charge on any atom is -0.478 e. The average molecular weight is 487 g/mol. The van der Waals surface area contributed by atoms with Crippen molar-refractivity contribution in [3.8, 4) is 11.3 Å². The number of likely N-dealkylation sites (tertiary alicyclic amines) is 1. The lowest BCUT2D eigenvalue weighted by molar-refractivity contribution is -0.142. The maximum absolute atomic E-state index is 13.0. The summed E-state index contributed by atoms with van der Waals surface area (Å²) in [5, 5.41) is 13.0. The number of rotatable bonds is 6. The SMILES string of the molecule is O=C(O)c1ccccc1NC(=O)[C@H]1CCCC(=O)N1Cc1ccc(-c2cc(Cl)ccc2Cl)o1. The summed E-state index contributed by atoms with van der Waals surface area (Å²) in [4.78, 5) is 38.6. The Balaban J connectivity index is 1.54. The maximum atomic E-state index is 13.0. The zero-order valence-electron chi connectivity index (χ0n) is 17.4. The summed E-state index contributed by atoms with van der Waals surface area (Å²) in [5.41, 5.74) is 0.789. The molecular weight excluding hydrogens is 467 g/mol. The Hall–Kier alpha value is -3.29. The average Bonchev–Trinajstić information content (AvgIpc) is 3.25. The molecule has 1 saturated heterocycles. The van der Waals surface area contributed by atoms with Crippen LogP contribution in [-0.2, 0) is 16.1 Å². The minimum absolute atomic E-state index is 0.0198. The molecule has 170 valence electrons. The zero-order valence-corrected chi connectivity index (χ0v) is 18.9. The van der Waals surface area contributed by atoms with E-state index in [-0.39, 0.29) is 23.7 Å². The summed E-state index contributed by atoms with van der Waals surface area (Å²) in [6.07, 6.45) is 1.35. The summed E-state index contributed by atoms with van der Waals surface area (Å²) in [5.74, 6) is -0.781. The monoisotopic (exact) mass is 486 g/mol. The molecule has 1 fully saturated rings. The molecule has 0 saturated carbocycles. The second kappa shape index (κ2) is 9.68. The number of benzene rings is 2. The number of halogens is 2. The van der Waals surface area contributed by atoms with Crippen LogP contribution in [0.15, 0.2) is 59.0 Å². The number of carbonyl (C=O) groups is 3. The lowest BCUT2D eigenvalue weighted by Gasteiger charge is -2.34. The molecule has 4 rings (SSSR count). The topological polar surface area (TPSA) is 99.8 Å². The number of nitrogens with one attached hydrogen (secondary N) is 1. The van der Waals surface area contributed by atoms with Gasteiger partial charge in [0.25, 0.3) is 0 Å². The summed E-state index contributed by atoms with van der Waals surface area (Å²) in [7, 11) is 0. The van der Waals surface area contributed by atoms with Gasteiger partial charge in [-0.3, -0.25) is 9.59 Å². The van der Waals surface area contributed by atoms with E-state index < -0.39 is 17.9 Å². The number of carboxylic acids is 1. The second-order valence-electron chi connectivity index (χ2n) is 7.66. The van der Waals surface area contributed by atoms with Crippen molar-refractivity contribution in [2.75, 3.05) is 5.32 Å². The first-order chi connectivity index (χ1) is 15.8. The molecule has 2 aromatic carbocycles. The van der Waals surface area contributed by atoms with Gasteiger partial charge in [0.1, 0.15) is 17.6 Å². The van der Waals surface area contributed by atoms with E-state index in [4.69, 9.17) is 27.6 Å². The first-order valence-electron chi connectivity index (χ1n) is 10.3. The van der Waals surface area contributed by atoms with Gasteiger partial charge in [0.05, 0.1) is 22.8 Å². The van der Waals surface area contributed by atoms with Crippen LogP contribution in [0.25, 0.3) is 11.3 Å². The normalized spacial score (nSPS) is 16.0. The molecule has 2 amide bonds. The van der Waals surface area contributed by atoms with Crippen LogP contribution < -0.4 is 5.32 Å². The largest absolute Gasteiger partial charge is 0.478 e. The van der Waals surface area contributed by atoms with E-state index in [1.54, 1.807) is 42.5 Å². The summed E-state index contributed by atoms with van der Waals surface area (Å²) in [6, 6.07) is 13.9. The number of para-hydroxylation sites is 1. The van der Waals surface area contributed by atoms with Crippen LogP contribution in [0, 0.1) is 0 Å². The van der Waals surface area contributed by atoms with Crippen molar-refractivity contribution in [3.05, 3.63) is 76.0 Å². The van der Waals surface area contributed by atoms with Crippen LogP contribution in [0.3, 0.4) is 0 Å². The van der Waals surface area contributed by atoms with E-state index in [1.165, 1.54) is 17.0 Å². The molecule has 0 spiro atoms. The van der Waals surface area contributed by atoms with Gasteiger partial charge in [-0.15, -0.1) is 0 Å². The van der Waals surface area contributed by atoms with E-state index in [0.29, 0.717) is 46.4 Å². The van der Waals surface area contributed by atoms with Gasteiger partial charge in [-0.2, -0.15) is 0 Å². The molecule has 1 aliphatic rings. The van der Waals surface area contributed by atoms with E-state index in [9.17, 15) is 19.5 Å². The molecule has 0 unspecified atom stereocenters. The number of carboxylic acid groups (broad SMARTS) is 1. The lowest BCUT2D eigenvalue weighted by atomic mass is 10.00. The van der Waals surface area contributed by atoms with Crippen molar-refractivity contribution in [2.45, 2.75) is 31.8 Å². The Morgan fingerprint density at radius 1 is 1.12 bits per heavy atom. The third kappa shape index (κ3) is 5.05. The molecule has 7 nitrogen and oxygen atoms in total. The Bertz CT molecular complexity index is 1220. The van der Waals surface area contributed by atoms with Gasteiger partial charge in [0.2, 0.25) is 11.8 Å². The van der Waals surface area contributed by atoms with Crippen LogP contribution in [0.1, 0.15) is 35.4 Å². The number of aromatic carboxylic acids is 1. The van der Waals surface area contributed by atoms with Crippen molar-refractivity contribution in [2.24, 2.45) is 0 Å². The van der Waals surface area contributed by atoms with Crippen LogP contribution in [0.4, 0.5) is 5.69 Å². The molecule has 9 heteroatoms. The number of hydrogen-bond acceptors (Lipinski definition) is 4. The molecule has 2 heterocycles. The summed E-state index contributed by atoms with van der Waals surface area (Å²) < 4.78 is 5.91. The van der Waals surface area contributed by atoms with Gasteiger partial charge in [-0.25, -0.2) is 4.79 Å². The minimum atomic E-state index is -1.15. The van der Waals surface area contributed by atoms with Crippen LogP contribution in [-0.4, -0.2) is 33.8 Å². The molecule has 1 atom stereocenters. The molecule has 1 aromatic heterocycles. The second-order valence-corrected chi connectivity index (χ2v) is 8.50. The Morgan fingerprint density at radius 2 is 1.91 bits per heavy atom. The van der Waals surface area contributed by atoms with Crippen LogP contribution >= 0.6 is 23.2 Å². The first kappa shape index (κ1) is 22.9. The van der Waals surface area contributed by atoms with Crippen molar-refractivity contribution in [1.82, 2.24) is 4.90 Å². The van der Waals surface area contributed by atoms with Crippen molar-refractivity contribution >= 4 is 46.7 Å². The predicted molar refractivity (Wildman–Crippen MR) is 124 cm³/mol. The number of piperidine rings is 1. The molecule has 2 N–H and O–H groups in total. The van der Waals surface area contributed by atoms with Crippen LogP contribution in [0.2, 0.25) is 10.0 Å². The van der Waals surface area contributed by atoms with Crippen molar-refractivity contribution < 1.29 is 23.9 Å². The number of nitrogens with zero attached hydrogens (tertiary/aromatic N) is 1. The van der Waals surface area contributed by atoms with Gasteiger partial charge >= 0.3 is 5.97 Å². The molecule has 33 heavy (non-hydrogen) atoms. The molecule has 0 aliphatic carbocycles. The number of anilines is 1. The maximum Gasteiger partial charge on any atom is 0.337 e. The third-order valence-electron chi connectivity index (χ3n) is 5.46. The highest BCUT2D eigenvalue weighted by Gasteiger charge is 2.34. The highest BCUT2D eigenvalue weighted by Crippen LogP contribution is 2.33. The molecule has 0 bridgehead atoms. The van der Waals surface area contributed by atoms with Gasteiger partial charge in [-0.1, -0.05) is 35.3 Å². The van der Waals surface area contributed by atoms with Gasteiger partial charge in [-0.05, 0) is 55.3 Å². The van der Waals surface area contributed by atoms with E-state index in [1.807, 2.05) is 0 Å². The van der Waals surface area contributed by atoms with Crippen LogP contribution in [0.5, 0.6) is 0 Å². The van der Waals surface area contributed by atoms with Crippen molar-refractivity contribution in [1.29, 1.82) is 0 Å². The highest BCUT2D eigenvalue weighted by molar-refractivity contribution is 6.35. The molecule has 0 radical (unpaired) electrons. The number of amides is 2.